The first kappa shape index (κ1) is 24.5. The molecule has 6 rings (SSSR count). The number of sulfonamides is 1. The predicted molar refractivity (Wildman–Crippen MR) is 136 cm³/mol. The number of rotatable bonds is 7. The zero-order valence-electron chi connectivity index (χ0n) is 20.7. The van der Waals surface area contributed by atoms with Gasteiger partial charge < -0.3 is 5.32 Å². The molecule has 2 N–H and O–H groups in total. The van der Waals surface area contributed by atoms with Gasteiger partial charge in [0.15, 0.2) is 0 Å². The van der Waals surface area contributed by atoms with E-state index in [-0.39, 0.29) is 16.8 Å². The number of nitrogens with zero attached hydrogens (tertiary/aromatic N) is 3. The number of aromatic nitrogens is 2. The highest BCUT2D eigenvalue weighted by Gasteiger charge is 2.42. The van der Waals surface area contributed by atoms with E-state index in [0.29, 0.717) is 30.0 Å². The van der Waals surface area contributed by atoms with Crippen LogP contribution in [0.25, 0.3) is 0 Å². The van der Waals surface area contributed by atoms with Gasteiger partial charge in [0.1, 0.15) is 0 Å². The minimum absolute atomic E-state index is 0.185. The Morgan fingerprint density at radius 1 is 1.11 bits per heavy atom. The summed E-state index contributed by atoms with van der Waals surface area (Å²) in [6.45, 7) is 3.82. The predicted octanol–water partition coefficient (Wildman–Crippen LogP) is 3.58. The van der Waals surface area contributed by atoms with E-state index in [1.165, 1.54) is 62.5 Å². The first-order chi connectivity index (χ1) is 16.8. The van der Waals surface area contributed by atoms with Crippen LogP contribution in [0, 0.1) is 5.92 Å². The average Bonchev–Trinajstić information content (AvgIpc) is 3.25. The Morgan fingerprint density at radius 2 is 1.86 bits per heavy atom. The molecular formula is C26H37N5O3S. The Hall–Kier alpha value is -2.23. The van der Waals surface area contributed by atoms with Gasteiger partial charge in [-0.05, 0) is 68.5 Å². The number of anilines is 1. The van der Waals surface area contributed by atoms with Gasteiger partial charge in [0.2, 0.25) is 15.9 Å². The fraction of sp³-hybridized carbons (Fsp3) is 0.615. The fourth-order valence-electron chi connectivity index (χ4n) is 6.35. The minimum atomic E-state index is -3.61. The van der Waals surface area contributed by atoms with Crippen molar-refractivity contribution in [1.82, 2.24) is 19.4 Å². The molecule has 2 bridgehead atoms. The zero-order chi connectivity index (χ0) is 24.6. The highest BCUT2D eigenvalue weighted by Crippen LogP contribution is 2.43. The summed E-state index contributed by atoms with van der Waals surface area (Å²) in [5, 5.41) is 7.58. The monoisotopic (exact) mass is 499 g/mol. The van der Waals surface area contributed by atoms with Crippen LogP contribution in [0.3, 0.4) is 0 Å². The summed E-state index contributed by atoms with van der Waals surface area (Å²) in [6, 6.07) is 8.87. The van der Waals surface area contributed by atoms with Crippen LogP contribution < -0.4 is 10.0 Å². The first-order valence-electron chi connectivity index (χ1n) is 13.0. The molecular weight excluding hydrogens is 462 g/mol. The Bertz CT molecular complexity index is 1150. The van der Waals surface area contributed by atoms with E-state index in [4.69, 9.17) is 5.10 Å². The third kappa shape index (κ3) is 5.32. The van der Waals surface area contributed by atoms with Crippen LogP contribution in [0.1, 0.15) is 75.1 Å². The lowest BCUT2D eigenvalue weighted by atomic mass is 9.74. The lowest BCUT2D eigenvalue weighted by molar-refractivity contribution is -0.114. The molecule has 2 aromatic rings. The van der Waals surface area contributed by atoms with Gasteiger partial charge in [-0.2, -0.15) is 5.10 Å². The van der Waals surface area contributed by atoms with Crippen molar-refractivity contribution in [2.45, 2.75) is 74.6 Å². The smallest absolute Gasteiger partial charge is 0.240 e. The van der Waals surface area contributed by atoms with Crippen molar-refractivity contribution in [2.24, 2.45) is 13.0 Å². The van der Waals surface area contributed by atoms with Gasteiger partial charge in [-0.25, -0.2) is 13.1 Å². The molecule has 4 fully saturated rings. The second-order valence-corrected chi connectivity index (χ2v) is 12.3. The summed E-state index contributed by atoms with van der Waals surface area (Å²) in [5.74, 6) is 1.45. The van der Waals surface area contributed by atoms with Crippen molar-refractivity contribution < 1.29 is 13.2 Å². The van der Waals surface area contributed by atoms with E-state index in [1.54, 1.807) is 12.1 Å². The van der Waals surface area contributed by atoms with Crippen LogP contribution >= 0.6 is 0 Å². The molecule has 4 heterocycles. The molecule has 1 amide bonds. The number of piperidine rings is 3. The third-order valence-corrected chi connectivity index (χ3v) is 9.65. The Balaban J connectivity index is 1.21. The molecule has 9 heteroatoms. The summed E-state index contributed by atoms with van der Waals surface area (Å²) >= 11 is 0. The number of hydrogen-bond donors (Lipinski definition) is 2. The number of carbonyl (C=O) groups excluding carboxylic acids is 1. The van der Waals surface area contributed by atoms with Crippen LogP contribution in [0.4, 0.5) is 5.69 Å². The molecule has 3 aliphatic heterocycles. The molecule has 8 nitrogen and oxygen atoms in total. The van der Waals surface area contributed by atoms with Crippen molar-refractivity contribution in [3.63, 3.8) is 0 Å². The zero-order valence-corrected chi connectivity index (χ0v) is 21.6. The van der Waals surface area contributed by atoms with Crippen LogP contribution in [0.2, 0.25) is 0 Å². The third-order valence-electron chi connectivity index (χ3n) is 8.21. The summed E-state index contributed by atoms with van der Waals surface area (Å²) in [7, 11) is -1.52. The van der Waals surface area contributed by atoms with Crippen molar-refractivity contribution in [3.8, 4) is 0 Å². The van der Waals surface area contributed by atoms with Crippen molar-refractivity contribution in [3.05, 3.63) is 41.7 Å². The van der Waals surface area contributed by atoms with Gasteiger partial charge in [0.05, 0.1) is 10.6 Å². The van der Waals surface area contributed by atoms with Crippen molar-refractivity contribution >= 4 is 21.6 Å². The number of benzene rings is 1. The van der Waals surface area contributed by atoms with Crippen molar-refractivity contribution in [2.75, 3.05) is 25.0 Å². The second-order valence-electron chi connectivity index (χ2n) is 10.5. The summed E-state index contributed by atoms with van der Waals surface area (Å²) in [4.78, 5) is 13.9. The molecule has 35 heavy (non-hydrogen) atoms. The molecule has 1 aromatic heterocycles. The van der Waals surface area contributed by atoms with Crippen LogP contribution in [0.15, 0.2) is 35.2 Å². The average molecular weight is 500 g/mol. The molecule has 4 aliphatic rings. The number of amides is 1. The lowest BCUT2D eigenvalue weighted by Crippen LogP contribution is -2.56. The molecule has 1 saturated carbocycles. The number of carbonyl (C=O) groups is 1. The molecule has 3 saturated heterocycles. The first-order valence-corrected chi connectivity index (χ1v) is 14.4. The van der Waals surface area contributed by atoms with Gasteiger partial charge >= 0.3 is 0 Å². The fourth-order valence-corrected chi connectivity index (χ4v) is 7.42. The molecule has 1 aromatic carbocycles. The topological polar surface area (TPSA) is 96.3 Å². The number of fused-ring (bicyclic) bond motifs is 3. The SMILES string of the molecule is CC(=O)Nc1ccc(S(=O)(=O)NC[C@H]2C[C@@H]3CCN2C[C@@H]3c2cc(C3CCCCC3)nn2C)cc1. The molecule has 0 radical (unpaired) electrons. The number of aryl methyl sites for hydroxylation is 1. The summed E-state index contributed by atoms with van der Waals surface area (Å²) < 4.78 is 30.7. The van der Waals surface area contributed by atoms with Crippen molar-refractivity contribution in [1.29, 1.82) is 0 Å². The molecule has 4 atom stereocenters. The quantitative estimate of drug-likeness (QED) is 0.607. The number of nitrogens with one attached hydrogen (secondary N) is 2. The van der Waals surface area contributed by atoms with Crippen LogP contribution in [-0.4, -0.2) is 54.7 Å². The van der Waals surface area contributed by atoms with Crippen LogP contribution in [-0.2, 0) is 21.9 Å². The maximum absolute atomic E-state index is 12.9. The van der Waals surface area contributed by atoms with Gasteiger partial charge in [-0.3, -0.25) is 14.4 Å². The Labute approximate surface area is 208 Å². The summed E-state index contributed by atoms with van der Waals surface area (Å²) in [6.07, 6.45) is 8.65. The van der Waals surface area contributed by atoms with E-state index >= 15 is 0 Å². The van der Waals surface area contributed by atoms with Gasteiger partial charge in [0.25, 0.3) is 0 Å². The maximum Gasteiger partial charge on any atom is 0.240 e. The molecule has 1 unspecified atom stereocenters. The minimum Gasteiger partial charge on any atom is -0.326 e. The molecule has 190 valence electrons. The van der Waals surface area contributed by atoms with Gasteiger partial charge in [-0.15, -0.1) is 0 Å². The maximum atomic E-state index is 12.9. The van der Waals surface area contributed by atoms with E-state index in [1.807, 2.05) is 0 Å². The molecule has 1 aliphatic carbocycles. The Kier molecular flexibility index (Phi) is 7.01. The van der Waals surface area contributed by atoms with E-state index in [9.17, 15) is 13.2 Å². The van der Waals surface area contributed by atoms with E-state index in [0.717, 1.165) is 25.9 Å². The second kappa shape index (κ2) is 10.0. The van der Waals surface area contributed by atoms with Gasteiger partial charge in [0, 0.05) is 56.3 Å². The normalized spacial score (nSPS) is 27.1. The molecule has 0 spiro atoms. The van der Waals surface area contributed by atoms with Gasteiger partial charge in [-0.1, -0.05) is 19.3 Å². The van der Waals surface area contributed by atoms with E-state index in [2.05, 4.69) is 32.7 Å². The van der Waals surface area contributed by atoms with E-state index < -0.39 is 10.0 Å². The highest BCUT2D eigenvalue weighted by molar-refractivity contribution is 7.89. The number of hydrogen-bond acceptors (Lipinski definition) is 5. The Morgan fingerprint density at radius 3 is 2.51 bits per heavy atom. The standard InChI is InChI=1S/C26H37N5O3S/c1-18(32)28-21-8-10-23(11-9-21)35(33,34)27-16-22-14-20-12-13-31(22)17-24(20)26-15-25(29-30(26)2)19-6-4-3-5-7-19/h8-11,15,19-20,22,24,27H,3-7,12-14,16-17H2,1-2H3,(H,28,32)/t20-,22+,24-/m0/s1. The largest absolute Gasteiger partial charge is 0.326 e. The summed E-state index contributed by atoms with van der Waals surface area (Å²) in [5.41, 5.74) is 3.20. The van der Waals surface area contributed by atoms with Crippen LogP contribution in [0.5, 0.6) is 0 Å². The highest BCUT2D eigenvalue weighted by atomic mass is 32.2. The lowest BCUT2D eigenvalue weighted by Gasteiger charge is -2.50.